The summed E-state index contributed by atoms with van der Waals surface area (Å²) in [6.07, 6.45) is 1.30. The van der Waals surface area contributed by atoms with Crippen LogP contribution in [0.15, 0.2) is 35.1 Å². The molecule has 6 heteroatoms. The van der Waals surface area contributed by atoms with Crippen molar-refractivity contribution in [3.8, 4) is 11.8 Å². The highest BCUT2D eigenvalue weighted by Crippen LogP contribution is 2.21. The maximum Gasteiger partial charge on any atom is 0.277 e. The van der Waals surface area contributed by atoms with Gasteiger partial charge in [0.2, 0.25) is 0 Å². The van der Waals surface area contributed by atoms with Crippen molar-refractivity contribution in [1.29, 1.82) is 0 Å². The Kier molecular flexibility index (Phi) is 4.18. The Balaban J connectivity index is 2.28. The molecule has 0 spiro atoms. The van der Waals surface area contributed by atoms with Crippen molar-refractivity contribution < 1.29 is 14.4 Å². The fraction of sp³-hybridized carbons (Fsp3) is 0.0769. The van der Waals surface area contributed by atoms with E-state index < -0.39 is 5.91 Å². The number of aliphatic hydroxyl groups is 1. The fourth-order valence-corrected chi connectivity index (χ4v) is 1.55. The van der Waals surface area contributed by atoms with Crippen molar-refractivity contribution in [2.45, 2.75) is 0 Å². The number of benzene rings is 1. The molecule has 1 heterocycles. The summed E-state index contributed by atoms with van der Waals surface area (Å²) < 4.78 is 4.59. The summed E-state index contributed by atoms with van der Waals surface area (Å²) >= 11 is 5.88. The Morgan fingerprint density at radius 3 is 3.00 bits per heavy atom. The molecule has 0 atom stereocenters. The van der Waals surface area contributed by atoms with Crippen LogP contribution >= 0.6 is 11.6 Å². The van der Waals surface area contributed by atoms with E-state index in [1.165, 1.54) is 12.3 Å². The summed E-state index contributed by atoms with van der Waals surface area (Å²) in [4.78, 5) is 11.8. The molecule has 2 N–H and O–H groups in total. The maximum absolute atomic E-state index is 11.8. The van der Waals surface area contributed by atoms with Crippen molar-refractivity contribution >= 4 is 23.2 Å². The number of rotatable bonds is 2. The number of anilines is 1. The number of nitrogens with one attached hydrogen (secondary N) is 1. The van der Waals surface area contributed by atoms with Crippen LogP contribution in [0, 0.1) is 11.8 Å². The highest BCUT2D eigenvalue weighted by atomic mass is 35.5. The van der Waals surface area contributed by atoms with Gasteiger partial charge in [0.05, 0.1) is 5.69 Å². The first-order chi connectivity index (χ1) is 9.20. The third-order valence-electron chi connectivity index (χ3n) is 2.20. The van der Waals surface area contributed by atoms with E-state index in [1.807, 2.05) is 0 Å². The van der Waals surface area contributed by atoms with Crippen LogP contribution in [-0.4, -0.2) is 22.8 Å². The van der Waals surface area contributed by atoms with E-state index in [2.05, 4.69) is 26.8 Å². The zero-order valence-electron chi connectivity index (χ0n) is 9.68. The first-order valence-electron chi connectivity index (χ1n) is 5.31. The molecule has 5 nitrogen and oxygen atoms in total. The van der Waals surface area contributed by atoms with E-state index in [9.17, 15) is 4.79 Å². The summed E-state index contributed by atoms with van der Waals surface area (Å²) in [5.41, 5.74) is 1.15. The van der Waals surface area contributed by atoms with Crippen LogP contribution in [0.1, 0.15) is 16.1 Å². The predicted molar refractivity (Wildman–Crippen MR) is 69.9 cm³/mol. The standard InChI is InChI=1S/C13H9ClN2O3/c14-10-4-3-9(2-1-6-17)12(8-10)15-13(18)11-5-7-19-16-11/h3-5,7-8,17H,6H2,(H,15,18). The highest BCUT2D eigenvalue weighted by molar-refractivity contribution is 6.31. The Bertz CT molecular complexity index is 642. The Labute approximate surface area is 114 Å². The van der Waals surface area contributed by atoms with Gasteiger partial charge in [-0.2, -0.15) is 0 Å². The first-order valence-corrected chi connectivity index (χ1v) is 5.69. The number of aromatic nitrogens is 1. The number of aliphatic hydroxyl groups excluding tert-OH is 1. The normalized spacial score (nSPS) is 9.58. The zero-order chi connectivity index (χ0) is 13.7. The molecule has 0 fully saturated rings. The van der Waals surface area contributed by atoms with Crippen LogP contribution in [0.5, 0.6) is 0 Å². The average Bonchev–Trinajstić information content (AvgIpc) is 2.92. The molecule has 0 saturated carbocycles. The van der Waals surface area contributed by atoms with Crippen LogP contribution in [0.2, 0.25) is 5.02 Å². The van der Waals surface area contributed by atoms with E-state index in [0.717, 1.165) is 0 Å². The monoisotopic (exact) mass is 276 g/mol. The van der Waals surface area contributed by atoms with Crippen molar-refractivity contribution in [2.75, 3.05) is 11.9 Å². The number of halogens is 1. The zero-order valence-corrected chi connectivity index (χ0v) is 10.4. The fourth-order valence-electron chi connectivity index (χ4n) is 1.38. The quantitative estimate of drug-likeness (QED) is 0.822. The molecule has 0 saturated heterocycles. The molecule has 1 aromatic carbocycles. The SMILES string of the molecule is O=C(Nc1cc(Cl)ccc1C#CCO)c1ccon1. The van der Waals surface area contributed by atoms with E-state index >= 15 is 0 Å². The number of hydrogen-bond acceptors (Lipinski definition) is 4. The van der Waals surface area contributed by atoms with Crippen LogP contribution in [0.3, 0.4) is 0 Å². The first kappa shape index (κ1) is 13.1. The van der Waals surface area contributed by atoms with Crippen LogP contribution in [-0.2, 0) is 0 Å². The van der Waals surface area contributed by atoms with Gasteiger partial charge in [-0.1, -0.05) is 28.6 Å². The number of carbonyl (C=O) groups is 1. The van der Waals surface area contributed by atoms with Gasteiger partial charge < -0.3 is 14.9 Å². The Morgan fingerprint density at radius 1 is 1.47 bits per heavy atom. The molecular formula is C13H9ClN2O3. The second kappa shape index (κ2) is 6.05. The largest absolute Gasteiger partial charge is 0.384 e. The molecule has 1 aromatic heterocycles. The highest BCUT2D eigenvalue weighted by Gasteiger charge is 2.11. The minimum Gasteiger partial charge on any atom is -0.384 e. The van der Waals surface area contributed by atoms with Gasteiger partial charge in [-0.05, 0) is 18.2 Å². The molecule has 1 amide bonds. The van der Waals surface area contributed by atoms with Gasteiger partial charge in [0.1, 0.15) is 12.9 Å². The third-order valence-corrected chi connectivity index (χ3v) is 2.44. The van der Waals surface area contributed by atoms with E-state index in [0.29, 0.717) is 16.3 Å². The molecule has 2 rings (SSSR count). The number of hydrogen-bond donors (Lipinski definition) is 2. The van der Waals surface area contributed by atoms with Crippen molar-refractivity contribution in [2.24, 2.45) is 0 Å². The molecule has 0 radical (unpaired) electrons. The smallest absolute Gasteiger partial charge is 0.277 e. The second-order valence-corrected chi connectivity index (χ2v) is 3.93. The molecule has 0 aliphatic rings. The second-order valence-electron chi connectivity index (χ2n) is 3.49. The molecule has 2 aromatic rings. The van der Waals surface area contributed by atoms with Gasteiger partial charge in [-0.3, -0.25) is 4.79 Å². The maximum atomic E-state index is 11.8. The van der Waals surface area contributed by atoms with Crippen molar-refractivity contribution in [1.82, 2.24) is 5.16 Å². The van der Waals surface area contributed by atoms with Gasteiger partial charge in [0, 0.05) is 16.7 Å². The van der Waals surface area contributed by atoms with E-state index in [1.54, 1.807) is 18.2 Å². The molecule has 19 heavy (non-hydrogen) atoms. The van der Waals surface area contributed by atoms with Gasteiger partial charge in [-0.25, -0.2) is 0 Å². The Morgan fingerprint density at radius 2 is 2.32 bits per heavy atom. The summed E-state index contributed by atoms with van der Waals surface area (Å²) in [6.45, 7) is -0.265. The summed E-state index contributed by atoms with van der Waals surface area (Å²) in [5.74, 6) is 4.81. The van der Waals surface area contributed by atoms with Crippen LogP contribution < -0.4 is 5.32 Å². The summed E-state index contributed by atoms with van der Waals surface area (Å²) in [6, 6.07) is 6.32. The van der Waals surface area contributed by atoms with Gasteiger partial charge in [0.15, 0.2) is 5.69 Å². The van der Waals surface area contributed by atoms with Crippen molar-refractivity contribution in [3.63, 3.8) is 0 Å². The average molecular weight is 277 g/mol. The topological polar surface area (TPSA) is 75.4 Å². The summed E-state index contributed by atoms with van der Waals surface area (Å²) in [7, 11) is 0. The van der Waals surface area contributed by atoms with E-state index in [-0.39, 0.29) is 12.3 Å². The number of carbonyl (C=O) groups excluding carboxylic acids is 1. The molecule has 0 aliphatic heterocycles. The minimum absolute atomic E-state index is 0.154. The van der Waals surface area contributed by atoms with Gasteiger partial charge >= 0.3 is 0 Å². The molecular weight excluding hydrogens is 268 g/mol. The third kappa shape index (κ3) is 3.35. The molecule has 0 unspecified atom stereocenters. The lowest BCUT2D eigenvalue weighted by atomic mass is 10.1. The lowest BCUT2D eigenvalue weighted by molar-refractivity contribution is 0.101. The minimum atomic E-state index is -0.428. The van der Waals surface area contributed by atoms with Crippen LogP contribution in [0.4, 0.5) is 5.69 Å². The van der Waals surface area contributed by atoms with E-state index in [4.69, 9.17) is 16.7 Å². The van der Waals surface area contributed by atoms with Crippen LogP contribution in [0.25, 0.3) is 0 Å². The van der Waals surface area contributed by atoms with Gasteiger partial charge in [-0.15, -0.1) is 0 Å². The molecule has 96 valence electrons. The lowest BCUT2D eigenvalue weighted by Crippen LogP contribution is -2.13. The summed E-state index contributed by atoms with van der Waals surface area (Å²) in [5, 5.41) is 15.3. The Hall–Kier alpha value is -2.29. The number of amides is 1. The van der Waals surface area contributed by atoms with Gasteiger partial charge in [0.25, 0.3) is 5.91 Å². The molecule has 0 aliphatic carbocycles. The number of nitrogens with zero attached hydrogens (tertiary/aromatic N) is 1. The molecule has 0 bridgehead atoms. The predicted octanol–water partition coefficient (Wildman–Crippen LogP) is 1.92. The lowest BCUT2D eigenvalue weighted by Gasteiger charge is -2.06. The van der Waals surface area contributed by atoms with Crippen molar-refractivity contribution in [3.05, 3.63) is 46.8 Å².